The van der Waals surface area contributed by atoms with Crippen LogP contribution < -0.4 is 0 Å². The third-order valence-corrected chi connectivity index (χ3v) is 2.41. The van der Waals surface area contributed by atoms with Crippen LogP contribution in [0.3, 0.4) is 0 Å². The van der Waals surface area contributed by atoms with Crippen LogP contribution in [0.2, 0.25) is 0 Å². The van der Waals surface area contributed by atoms with E-state index in [4.69, 9.17) is 4.74 Å². The molecule has 0 radical (unpaired) electrons. The van der Waals surface area contributed by atoms with Crippen molar-refractivity contribution in [3.05, 3.63) is 0 Å². The largest absolute Gasteiger partial charge is 0.390 e. The molecule has 0 spiro atoms. The first-order valence-electron chi connectivity index (χ1n) is 4.71. The summed E-state index contributed by atoms with van der Waals surface area (Å²) in [6, 6.07) is 0. The molecule has 0 aliphatic rings. The molecule has 0 heterocycles. The summed E-state index contributed by atoms with van der Waals surface area (Å²) in [4.78, 5) is 0. The second kappa shape index (κ2) is 4.83. The predicted molar refractivity (Wildman–Crippen MR) is 51.2 cm³/mol. The van der Waals surface area contributed by atoms with Gasteiger partial charge in [0.25, 0.3) is 0 Å². The van der Waals surface area contributed by atoms with Gasteiger partial charge in [0, 0.05) is 5.92 Å². The van der Waals surface area contributed by atoms with Gasteiger partial charge in [-0.05, 0) is 27.2 Å². The Morgan fingerprint density at radius 2 is 1.83 bits per heavy atom. The first-order valence-corrected chi connectivity index (χ1v) is 4.71. The minimum atomic E-state index is -0.631. The third-order valence-electron chi connectivity index (χ3n) is 2.41. The molecule has 2 nitrogen and oxygen atoms in total. The molecule has 12 heavy (non-hydrogen) atoms. The van der Waals surface area contributed by atoms with Crippen LogP contribution >= 0.6 is 0 Å². The van der Waals surface area contributed by atoms with E-state index in [1.165, 1.54) is 0 Å². The molecule has 0 rings (SSSR count). The van der Waals surface area contributed by atoms with Crippen molar-refractivity contribution in [1.29, 1.82) is 0 Å². The van der Waals surface area contributed by atoms with E-state index in [9.17, 15) is 5.11 Å². The SMILES string of the molecule is CCC(C)OCC(C)C(C)(C)O. The Bertz CT molecular complexity index is 115. The Morgan fingerprint density at radius 1 is 1.33 bits per heavy atom. The number of aliphatic hydroxyl groups is 1. The molecular formula is C10H22O2. The zero-order valence-corrected chi connectivity index (χ0v) is 8.92. The Kier molecular flexibility index (Phi) is 4.80. The molecule has 0 aromatic rings. The molecule has 0 saturated carbocycles. The standard InChI is InChI=1S/C10H22O2/c1-6-9(3)12-7-8(2)10(4,5)11/h8-9,11H,6-7H2,1-5H3. The van der Waals surface area contributed by atoms with Gasteiger partial charge in [0.2, 0.25) is 0 Å². The van der Waals surface area contributed by atoms with Crippen molar-refractivity contribution >= 4 is 0 Å². The lowest BCUT2D eigenvalue weighted by Crippen LogP contribution is -2.32. The maximum absolute atomic E-state index is 9.59. The summed E-state index contributed by atoms with van der Waals surface area (Å²) < 4.78 is 5.52. The number of hydrogen-bond acceptors (Lipinski definition) is 2. The van der Waals surface area contributed by atoms with Crippen molar-refractivity contribution in [1.82, 2.24) is 0 Å². The maximum Gasteiger partial charge on any atom is 0.0639 e. The number of hydrogen-bond donors (Lipinski definition) is 1. The van der Waals surface area contributed by atoms with Crippen molar-refractivity contribution in [2.24, 2.45) is 5.92 Å². The lowest BCUT2D eigenvalue weighted by Gasteiger charge is -2.26. The first-order chi connectivity index (χ1) is 5.38. The van der Waals surface area contributed by atoms with Crippen molar-refractivity contribution in [3.8, 4) is 0 Å². The van der Waals surface area contributed by atoms with Crippen molar-refractivity contribution < 1.29 is 9.84 Å². The van der Waals surface area contributed by atoms with Crippen LogP contribution in [-0.4, -0.2) is 23.4 Å². The molecule has 74 valence electrons. The highest BCUT2D eigenvalue weighted by Crippen LogP contribution is 2.16. The molecule has 2 heteroatoms. The minimum absolute atomic E-state index is 0.187. The first kappa shape index (κ1) is 11.9. The normalized spacial score (nSPS) is 17.5. The molecule has 0 aliphatic heterocycles. The molecule has 2 unspecified atom stereocenters. The van der Waals surface area contributed by atoms with E-state index < -0.39 is 5.60 Å². The Morgan fingerprint density at radius 3 is 2.17 bits per heavy atom. The Balaban J connectivity index is 3.64. The smallest absolute Gasteiger partial charge is 0.0639 e. The van der Waals surface area contributed by atoms with E-state index in [0.717, 1.165) is 6.42 Å². The van der Waals surface area contributed by atoms with E-state index in [0.29, 0.717) is 12.7 Å². The lowest BCUT2D eigenvalue weighted by atomic mass is 9.94. The number of rotatable bonds is 5. The quantitative estimate of drug-likeness (QED) is 0.692. The molecule has 0 saturated heterocycles. The molecule has 0 aromatic carbocycles. The van der Waals surface area contributed by atoms with Crippen LogP contribution in [0.25, 0.3) is 0 Å². The molecule has 0 fully saturated rings. The van der Waals surface area contributed by atoms with Crippen molar-refractivity contribution in [2.45, 2.75) is 52.7 Å². The van der Waals surface area contributed by atoms with Crippen LogP contribution in [0.5, 0.6) is 0 Å². The van der Waals surface area contributed by atoms with Gasteiger partial charge in [-0.2, -0.15) is 0 Å². The van der Waals surface area contributed by atoms with Crippen molar-refractivity contribution in [3.63, 3.8) is 0 Å². The summed E-state index contributed by atoms with van der Waals surface area (Å²) in [5.41, 5.74) is -0.631. The predicted octanol–water partition coefficient (Wildman–Crippen LogP) is 2.21. The fourth-order valence-corrected chi connectivity index (χ4v) is 0.630. The minimum Gasteiger partial charge on any atom is -0.390 e. The monoisotopic (exact) mass is 174 g/mol. The fourth-order valence-electron chi connectivity index (χ4n) is 0.630. The summed E-state index contributed by atoms with van der Waals surface area (Å²) in [5.74, 6) is 0.187. The van der Waals surface area contributed by atoms with E-state index in [1.807, 2.05) is 20.8 Å². The Labute approximate surface area is 75.9 Å². The average Bonchev–Trinajstić information content (AvgIpc) is 1.97. The van der Waals surface area contributed by atoms with E-state index in [1.54, 1.807) is 0 Å². The van der Waals surface area contributed by atoms with Gasteiger partial charge in [0.05, 0.1) is 18.3 Å². The van der Waals surface area contributed by atoms with Crippen LogP contribution in [-0.2, 0) is 4.74 Å². The second-order valence-electron chi connectivity index (χ2n) is 4.11. The molecule has 1 N–H and O–H groups in total. The van der Waals surface area contributed by atoms with E-state index >= 15 is 0 Å². The third kappa shape index (κ3) is 4.73. The van der Waals surface area contributed by atoms with Gasteiger partial charge in [-0.25, -0.2) is 0 Å². The summed E-state index contributed by atoms with van der Waals surface area (Å²) >= 11 is 0. The highest BCUT2D eigenvalue weighted by molar-refractivity contribution is 4.72. The zero-order chi connectivity index (χ0) is 9.78. The van der Waals surface area contributed by atoms with Gasteiger partial charge >= 0.3 is 0 Å². The second-order valence-corrected chi connectivity index (χ2v) is 4.11. The summed E-state index contributed by atoms with van der Waals surface area (Å²) in [5, 5.41) is 9.59. The average molecular weight is 174 g/mol. The van der Waals surface area contributed by atoms with Gasteiger partial charge in [-0.1, -0.05) is 13.8 Å². The highest BCUT2D eigenvalue weighted by atomic mass is 16.5. The van der Waals surface area contributed by atoms with Gasteiger partial charge in [0.1, 0.15) is 0 Å². The van der Waals surface area contributed by atoms with E-state index in [-0.39, 0.29) is 5.92 Å². The lowest BCUT2D eigenvalue weighted by molar-refractivity contribution is -0.0401. The van der Waals surface area contributed by atoms with Gasteiger partial charge in [-0.3, -0.25) is 0 Å². The summed E-state index contributed by atoms with van der Waals surface area (Å²) in [6.45, 7) is 10.4. The zero-order valence-electron chi connectivity index (χ0n) is 8.92. The van der Waals surface area contributed by atoms with Gasteiger partial charge in [-0.15, -0.1) is 0 Å². The fraction of sp³-hybridized carbons (Fsp3) is 1.00. The Hall–Kier alpha value is -0.0800. The molecule has 0 aliphatic carbocycles. The van der Waals surface area contributed by atoms with Crippen LogP contribution in [0.1, 0.15) is 41.0 Å². The molecule has 2 atom stereocenters. The molecular weight excluding hydrogens is 152 g/mol. The van der Waals surface area contributed by atoms with Gasteiger partial charge < -0.3 is 9.84 Å². The summed E-state index contributed by atoms with van der Waals surface area (Å²) in [7, 11) is 0. The van der Waals surface area contributed by atoms with Crippen LogP contribution in [0.4, 0.5) is 0 Å². The van der Waals surface area contributed by atoms with Gasteiger partial charge in [0.15, 0.2) is 0 Å². The molecule has 0 aromatic heterocycles. The molecule has 0 amide bonds. The van der Waals surface area contributed by atoms with Crippen LogP contribution in [0.15, 0.2) is 0 Å². The summed E-state index contributed by atoms with van der Waals surface area (Å²) in [6.07, 6.45) is 1.33. The van der Waals surface area contributed by atoms with E-state index in [2.05, 4.69) is 13.8 Å². The molecule has 0 bridgehead atoms. The highest BCUT2D eigenvalue weighted by Gasteiger charge is 2.22. The van der Waals surface area contributed by atoms with Crippen LogP contribution in [0, 0.1) is 5.92 Å². The topological polar surface area (TPSA) is 29.5 Å². The van der Waals surface area contributed by atoms with Crippen molar-refractivity contribution in [2.75, 3.05) is 6.61 Å². The number of ether oxygens (including phenoxy) is 1. The maximum atomic E-state index is 9.59.